The van der Waals surface area contributed by atoms with Crippen molar-refractivity contribution >= 4 is 52.8 Å². The van der Waals surface area contributed by atoms with E-state index in [2.05, 4.69) is 15.5 Å². The fourth-order valence-corrected chi connectivity index (χ4v) is 7.86. The lowest BCUT2D eigenvalue weighted by molar-refractivity contribution is -0.153. The van der Waals surface area contributed by atoms with Gasteiger partial charge < -0.3 is 14.8 Å². The molecule has 2 atom stereocenters. The van der Waals surface area contributed by atoms with Crippen molar-refractivity contribution in [1.82, 2.24) is 20.4 Å². The molecule has 2 amide bonds. The van der Waals surface area contributed by atoms with E-state index < -0.39 is 41.1 Å². The van der Waals surface area contributed by atoms with E-state index in [1.165, 1.54) is 39.8 Å². The Bertz CT molecular complexity index is 1530. The van der Waals surface area contributed by atoms with Gasteiger partial charge in [-0.15, -0.1) is 22.0 Å². The molecule has 2 aliphatic rings. The molecule has 5 rings (SSSR count). The van der Waals surface area contributed by atoms with E-state index in [0.29, 0.717) is 11.3 Å². The molecule has 3 heterocycles. The standard InChI is InChI=1S/C31H32N4O5S3/c1-18(42-30-34-33-19(2)43-30)16-22-17-41-27-23(32-29(38)40-31(3,4)5)26(36)35(27)24(22)28(37)39-25(20-12-8-6-9-13-20)21-14-10-7-11-15-21/h6-16,23,25,27H,17H2,1-5H3,(H,32,38)/b18-16+. The molecule has 1 fully saturated rings. The van der Waals surface area contributed by atoms with Gasteiger partial charge in [0, 0.05) is 5.75 Å². The molecular formula is C31H32N4O5S3. The van der Waals surface area contributed by atoms with Gasteiger partial charge in [0.15, 0.2) is 10.4 Å². The third-order valence-electron chi connectivity index (χ3n) is 6.43. The largest absolute Gasteiger partial charge is 0.448 e. The summed E-state index contributed by atoms with van der Waals surface area (Å²) in [6.45, 7) is 9.08. The third kappa shape index (κ3) is 7.31. The van der Waals surface area contributed by atoms with Gasteiger partial charge in [0.1, 0.15) is 27.7 Å². The summed E-state index contributed by atoms with van der Waals surface area (Å²) in [6, 6.07) is 18.1. The molecule has 0 bridgehead atoms. The van der Waals surface area contributed by atoms with Crippen LogP contribution in [0.5, 0.6) is 0 Å². The van der Waals surface area contributed by atoms with Crippen LogP contribution >= 0.6 is 34.9 Å². The molecule has 1 aromatic heterocycles. The predicted molar refractivity (Wildman–Crippen MR) is 168 cm³/mol. The Kier molecular flexibility index (Phi) is 9.28. The number of fused-ring (bicyclic) bond motifs is 1. The molecule has 3 aromatic rings. The normalized spacial score (nSPS) is 18.7. The number of aryl methyl sites for hydroxylation is 1. The lowest BCUT2D eigenvalue weighted by atomic mass is 10.0. The van der Waals surface area contributed by atoms with Gasteiger partial charge >= 0.3 is 12.1 Å². The van der Waals surface area contributed by atoms with Crippen LogP contribution in [0.2, 0.25) is 0 Å². The van der Waals surface area contributed by atoms with Crippen molar-refractivity contribution in [3.63, 3.8) is 0 Å². The van der Waals surface area contributed by atoms with Gasteiger partial charge in [0.05, 0.1) is 0 Å². The van der Waals surface area contributed by atoms with Crippen LogP contribution < -0.4 is 5.32 Å². The highest BCUT2D eigenvalue weighted by Crippen LogP contribution is 2.43. The predicted octanol–water partition coefficient (Wildman–Crippen LogP) is 6.24. The van der Waals surface area contributed by atoms with Crippen LogP contribution in [-0.4, -0.2) is 55.8 Å². The van der Waals surface area contributed by atoms with Gasteiger partial charge in [-0.25, -0.2) is 9.59 Å². The first kappa shape index (κ1) is 30.8. The smallest absolute Gasteiger partial charge is 0.408 e. The van der Waals surface area contributed by atoms with Crippen LogP contribution in [0.3, 0.4) is 0 Å². The van der Waals surface area contributed by atoms with E-state index in [1.807, 2.05) is 80.6 Å². The quantitative estimate of drug-likeness (QED) is 0.175. The van der Waals surface area contributed by atoms with Crippen molar-refractivity contribution in [1.29, 1.82) is 0 Å². The van der Waals surface area contributed by atoms with Gasteiger partial charge in [-0.2, -0.15) is 0 Å². The minimum Gasteiger partial charge on any atom is -0.448 e. The van der Waals surface area contributed by atoms with Gasteiger partial charge in [-0.1, -0.05) is 83.8 Å². The molecule has 0 radical (unpaired) electrons. The van der Waals surface area contributed by atoms with E-state index in [4.69, 9.17) is 9.47 Å². The molecular weight excluding hydrogens is 605 g/mol. The molecule has 0 saturated carbocycles. The Morgan fingerprint density at radius 2 is 1.70 bits per heavy atom. The monoisotopic (exact) mass is 636 g/mol. The highest BCUT2D eigenvalue weighted by molar-refractivity contribution is 8.04. The third-order valence-corrected chi connectivity index (χ3v) is 9.56. The Morgan fingerprint density at radius 3 is 2.26 bits per heavy atom. The number of rotatable bonds is 8. The average Bonchev–Trinajstić information content (AvgIpc) is 3.38. The van der Waals surface area contributed by atoms with Crippen LogP contribution in [0.15, 0.2) is 87.3 Å². The number of allylic oxidation sites excluding steroid dienone is 2. The lowest BCUT2D eigenvalue weighted by Gasteiger charge is -2.49. The number of carbonyl (C=O) groups excluding carboxylic acids is 3. The first-order valence-electron chi connectivity index (χ1n) is 13.6. The van der Waals surface area contributed by atoms with Crippen LogP contribution in [-0.2, 0) is 19.1 Å². The number of β-lactam (4-membered cyclic amide) rings is 1. The van der Waals surface area contributed by atoms with E-state index >= 15 is 0 Å². The molecule has 1 N–H and O–H groups in total. The Hall–Kier alpha value is -3.61. The summed E-state index contributed by atoms with van der Waals surface area (Å²) in [5.41, 5.74) is 1.72. The first-order valence-corrected chi connectivity index (χ1v) is 16.3. The number of aromatic nitrogens is 2. The summed E-state index contributed by atoms with van der Waals surface area (Å²) >= 11 is 4.40. The summed E-state index contributed by atoms with van der Waals surface area (Å²) in [4.78, 5) is 42.5. The number of carbonyl (C=O) groups is 3. The minimum atomic E-state index is -0.827. The molecule has 12 heteroatoms. The highest BCUT2D eigenvalue weighted by atomic mass is 32.2. The van der Waals surface area contributed by atoms with Crippen molar-refractivity contribution in [3.05, 3.63) is 99.0 Å². The number of nitrogens with one attached hydrogen (secondary N) is 1. The average molecular weight is 637 g/mol. The van der Waals surface area contributed by atoms with E-state index in [-0.39, 0.29) is 5.70 Å². The Balaban J connectivity index is 1.47. The Labute approximate surface area is 263 Å². The molecule has 0 aliphatic carbocycles. The number of hydrogen-bond donors (Lipinski definition) is 1. The number of ether oxygens (including phenoxy) is 2. The number of benzene rings is 2. The van der Waals surface area contributed by atoms with Crippen LogP contribution in [0, 0.1) is 6.92 Å². The molecule has 9 nitrogen and oxygen atoms in total. The maximum atomic E-state index is 14.1. The molecule has 1 saturated heterocycles. The van der Waals surface area contributed by atoms with Gasteiger partial charge in [-0.3, -0.25) is 9.69 Å². The number of alkyl carbamates (subject to hydrolysis) is 1. The van der Waals surface area contributed by atoms with Crippen LogP contribution in [0.1, 0.15) is 49.9 Å². The molecule has 224 valence electrons. The van der Waals surface area contributed by atoms with Gasteiger partial charge in [-0.05, 0) is 62.3 Å². The topological polar surface area (TPSA) is 111 Å². The van der Waals surface area contributed by atoms with Crippen molar-refractivity contribution in [2.75, 3.05) is 5.75 Å². The zero-order chi connectivity index (χ0) is 30.7. The number of thioether (sulfide) groups is 2. The van der Waals surface area contributed by atoms with Crippen molar-refractivity contribution in [2.24, 2.45) is 0 Å². The first-order chi connectivity index (χ1) is 20.5. The maximum Gasteiger partial charge on any atom is 0.408 e. The second-order valence-electron chi connectivity index (χ2n) is 11.0. The van der Waals surface area contributed by atoms with Crippen molar-refractivity contribution in [3.8, 4) is 0 Å². The highest BCUT2D eigenvalue weighted by Gasteiger charge is 2.55. The maximum absolute atomic E-state index is 14.1. The summed E-state index contributed by atoms with van der Waals surface area (Å²) in [5.74, 6) is -0.593. The summed E-state index contributed by atoms with van der Waals surface area (Å²) in [6.07, 6.45) is 0.522. The number of amides is 2. The number of hydrogen-bond acceptors (Lipinski definition) is 10. The molecule has 2 aromatic carbocycles. The lowest BCUT2D eigenvalue weighted by Crippen LogP contribution is -2.70. The zero-order valence-electron chi connectivity index (χ0n) is 24.4. The minimum absolute atomic E-state index is 0.168. The van der Waals surface area contributed by atoms with Crippen LogP contribution in [0.4, 0.5) is 4.79 Å². The molecule has 2 aliphatic heterocycles. The van der Waals surface area contributed by atoms with Crippen LogP contribution in [0.25, 0.3) is 0 Å². The molecule has 2 unspecified atom stereocenters. The van der Waals surface area contributed by atoms with Crippen molar-refractivity contribution < 1.29 is 23.9 Å². The van der Waals surface area contributed by atoms with E-state index in [0.717, 1.165) is 25.4 Å². The fraction of sp³-hybridized carbons (Fsp3) is 0.323. The molecule has 0 spiro atoms. The van der Waals surface area contributed by atoms with Gasteiger partial charge in [0.25, 0.3) is 5.91 Å². The SMILES string of the molecule is C/C(=C\C1=C(C(=O)OC(c2ccccc2)c2ccccc2)N2C(=O)C(NC(=O)OC(C)(C)C)C2SC1)Sc1nnc(C)s1. The van der Waals surface area contributed by atoms with E-state index in [9.17, 15) is 14.4 Å². The second kappa shape index (κ2) is 12.9. The number of nitrogens with zero attached hydrogens (tertiary/aromatic N) is 3. The van der Waals surface area contributed by atoms with Gasteiger partial charge in [0.2, 0.25) is 0 Å². The molecule has 43 heavy (non-hydrogen) atoms. The zero-order valence-corrected chi connectivity index (χ0v) is 26.8. The van der Waals surface area contributed by atoms with E-state index in [1.54, 1.807) is 20.8 Å². The summed E-state index contributed by atoms with van der Waals surface area (Å²) < 4.78 is 12.4. The second-order valence-corrected chi connectivity index (χ2v) is 14.7. The fourth-order valence-electron chi connectivity index (χ4n) is 4.66. The summed E-state index contributed by atoms with van der Waals surface area (Å²) in [5, 5.41) is 11.3. The number of esters is 1. The van der Waals surface area contributed by atoms with Crippen molar-refractivity contribution in [2.45, 2.75) is 62.1 Å². The Morgan fingerprint density at radius 1 is 1.07 bits per heavy atom. The summed E-state index contributed by atoms with van der Waals surface area (Å²) in [7, 11) is 0.